The van der Waals surface area contributed by atoms with Crippen molar-refractivity contribution in [1.82, 2.24) is 4.90 Å². The summed E-state index contributed by atoms with van der Waals surface area (Å²) in [5.41, 5.74) is 7.31. The molecule has 0 radical (unpaired) electrons. The van der Waals surface area contributed by atoms with Crippen molar-refractivity contribution in [3.63, 3.8) is 0 Å². The van der Waals surface area contributed by atoms with Gasteiger partial charge in [-0.2, -0.15) is 0 Å². The van der Waals surface area contributed by atoms with E-state index in [0.717, 1.165) is 19.0 Å². The number of nitrogens with zero attached hydrogens (tertiary/aromatic N) is 1. The highest BCUT2D eigenvalue weighted by Gasteiger charge is 2.24. The molecular formula is C15H24N2S. The predicted molar refractivity (Wildman–Crippen MR) is 79.9 cm³/mol. The van der Waals surface area contributed by atoms with Crippen LogP contribution in [0.5, 0.6) is 0 Å². The van der Waals surface area contributed by atoms with Crippen LogP contribution in [0.3, 0.4) is 0 Å². The first-order valence-electron chi connectivity index (χ1n) is 6.80. The van der Waals surface area contributed by atoms with Crippen molar-refractivity contribution in [2.45, 2.75) is 37.2 Å². The van der Waals surface area contributed by atoms with Crippen LogP contribution in [-0.2, 0) is 6.54 Å². The van der Waals surface area contributed by atoms with E-state index in [1.54, 1.807) is 11.8 Å². The summed E-state index contributed by atoms with van der Waals surface area (Å²) in [5.74, 6) is 0.827. The second-order valence-corrected chi connectivity index (χ2v) is 6.22. The molecule has 1 aliphatic heterocycles. The minimum atomic E-state index is 0.564. The quantitative estimate of drug-likeness (QED) is 0.848. The minimum Gasteiger partial charge on any atom is -0.329 e. The molecule has 1 aromatic rings. The zero-order valence-electron chi connectivity index (χ0n) is 11.4. The highest BCUT2D eigenvalue weighted by Crippen LogP contribution is 2.24. The van der Waals surface area contributed by atoms with E-state index in [9.17, 15) is 0 Å². The van der Waals surface area contributed by atoms with Crippen molar-refractivity contribution < 1.29 is 0 Å². The number of hydrogen-bond donors (Lipinski definition) is 1. The molecule has 1 fully saturated rings. The summed E-state index contributed by atoms with van der Waals surface area (Å²) in [7, 11) is 0. The Kier molecular flexibility index (Phi) is 5.10. The summed E-state index contributed by atoms with van der Waals surface area (Å²) < 4.78 is 0. The van der Waals surface area contributed by atoms with Crippen LogP contribution in [0.15, 0.2) is 29.2 Å². The molecule has 2 nitrogen and oxygen atoms in total. The molecule has 0 spiro atoms. The van der Waals surface area contributed by atoms with Crippen molar-refractivity contribution in [3.05, 3.63) is 29.8 Å². The maximum atomic E-state index is 5.91. The maximum Gasteiger partial charge on any atom is 0.0237 e. The Morgan fingerprint density at radius 3 is 2.67 bits per heavy atom. The van der Waals surface area contributed by atoms with E-state index in [1.165, 1.54) is 29.8 Å². The van der Waals surface area contributed by atoms with Gasteiger partial charge in [-0.15, -0.1) is 11.8 Å². The average Bonchev–Trinajstić information content (AvgIpc) is 2.41. The van der Waals surface area contributed by atoms with E-state index in [4.69, 9.17) is 5.73 Å². The summed E-state index contributed by atoms with van der Waals surface area (Å²) >= 11 is 1.80. The standard InChI is InChI=1S/C15H24N2S/c1-12-7-8-17(14(9-12)10-16)11-13-3-5-15(18-2)6-4-13/h3-6,12,14H,7-11,16H2,1-2H3. The first kappa shape index (κ1) is 13.9. The topological polar surface area (TPSA) is 29.3 Å². The lowest BCUT2D eigenvalue weighted by atomic mass is 9.92. The number of benzene rings is 1. The predicted octanol–water partition coefficient (Wildman–Crippen LogP) is 2.97. The molecule has 18 heavy (non-hydrogen) atoms. The Morgan fingerprint density at radius 2 is 2.06 bits per heavy atom. The van der Waals surface area contributed by atoms with Crippen molar-refractivity contribution >= 4 is 11.8 Å². The maximum absolute atomic E-state index is 5.91. The second-order valence-electron chi connectivity index (χ2n) is 5.34. The second kappa shape index (κ2) is 6.60. The molecule has 0 aromatic heterocycles. The summed E-state index contributed by atoms with van der Waals surface area (Å²) in [4.78, 5) is 3.88. The Hall–Kier alpha value is -0.510. The van der Waals surface area contributed by atoms with Gasteiger partial charge < -0.3 is 5.73 Å². The van der Waals surface area contributed by atoms with E-state index in [-0.39, 0.29) is 0 Å². The van der Waals surface area contributed by atoms with Crippen molar-refractivity contribution in [2.24, 2.45) is 11.7 Å². The third-order valence-corrected chi connectivity index (χ3v) is 4.66. The SMILES string of the molecule is CSc1ccc(CN2CCC(C)CC2CN)cc1. The van der Waals surface area contributed by atoms with Crippen molar-refractivity contribution in [3.8, 4) is 0 Å². The first-order valence-corrected chi connectivity index (χ1v) is 8.02. The fourth-order valence-electron chi connectivity index (χ4n) is 2.72. The lowest BCUT2D eigenvalue weighted by Crippen LogP contribution is -2.45. The number of nitrogens with two attached hydrogens (primary N) is 1. The molecule has 0 aliphatic carbocycles. The molecule has 1 heterocycles. The van der Waals surface area contributed by atoms with Gasteiger partial charge in [-0.05, 0) is 49.3 Å². The van der Waals surface area contributed by atoms with Gasteiger partial charge in [0.25, 0.3) is 0 Å². The number of thioether (sulfide) groups is 1. The molecule has 1 saturated heterocycles. The van der Waals surface area contributed by atoms with Crippen LogP contribution in [-0.4, -0.2) is 30.3 Å². The van der Waals surface area contributed by atoms with E-state index in [2.05, 4.69) is 42.3 Å². The molecule has 1 aliphatic rings. The Labute approximate surface area is 115 Å². The third-order valence-electron chi connectivity index (χ3n) is 3.92. The number of likely N-dealkylation sites (tertiary alicyclic amines) is 1. The molecule has 3 heteroatoms. The zero-order chi connectivity index (χ0) is 13.0. The van der Waals surface area contributed by atoms with Crippen LogP contribution in [0.1, 0.15) is 25.3 Å². The molecule has 2 unspecified atom stereocenters. The monoisotopic (exact) mass is 264 g/mol. The molecule has 2 rings (SSSR count). The normalized spacial score (nSPS) is 25.3. The Balaban J connectivity index is 1.98. The largest absolute Gasteiger partial charge is 0.329 e. The Bertz CT molecular complexity index is 363. The third kappa shape index (κ3) is 3.50. The van der Waals surface area contributed by atoms with Crippen LogP contribution in [0.2, 0.25) is 0 Å². The fourth-order valence-corrected chi connectivity index (χ4v) is 3.13. The first-order chi connectivity index (χ1) is 8.72. The summed E-state index contributed by atoms with van der Waals surface area (Å²) in [5, 5.41) is 0. The lowest BCUT2D eigenvalue weighted by molar-refractivity contribution is 0.115. The number of hydrogen-bond acceptors (Lipinski definition) is 3. The molecule has 100 valence electrons. The fraction of sp³-hybridized carbons (Fsp3) is 0.600. The van der Waals surface area contributed by atoms with Gasteiger partial charge in [-0.1, -0.05) is 19.1 Å². The number of rotatable bonds is 4. The molecule has 0 amide bonds. The Morgan fingerprint density at radius 1 is 1.33 bits per heavy atom. The van der Waals surface area contributed by atoms with Gasteiger partial charge in [0, 0.05) is 24.0 Å². The van der Waals surface area contributed by atoms with Crippen LogP contribution < -0.4 is 5.73 Å². The van der Waals surface area contributed by atoms with Gasteiger partial charge in [-0.25, -0.2) is 0 Å². The molecule has 2 atom stereocenters. The molecular weight excluding hydrogens is 240 g/mol. The van der Waals surface area contributed by atoms with Crippen molar-refractivity contribution in [1.29, 1.82) is 0 Å². The summed E-state index contributed by atoms with van der Waals surface area (Å²) in [6.45, 7) is 5.36. The van der Waals surface area contributed by atoms with Crippen LogP contribution in [0, 0.1) is 5.92 Å². The summed E-state index contributed by atoms with van der Waals surface area (Å²) in [6.07, 6.45) is 4.67. The van der Waals surface area contributed by atoms with Gasteiger partial charge in [0.1, 0.15) is 0 Å². The van der Waals surface area contributed by atoms with Gasteiger partial charge in [0.05, 0.1) is 0 Å². The highest BCUT2D eigenvalue weighted by molar-refractivity contribution is 7.98. The van der Waals surface area contributed by atoms with E-state index in [1.807, 2.05) is 0 Å². The zero-order valence-corrected chi connectivity index (χ0v) is 12.2. The molecule has 0 bridgehead atoms. The lowest BCUT2D eigenvalue weighted by Gasteiger charge is -2.38. The molecule has 2 N–H and O–H groups in total. The van der Waals surface area contributed by atoms with Crippen LogP contribution in [0.25, 0.3) is 0 Å². The summed E-state index contributed by atoms with van der Waals surface area (Å²) in [6, 6.07) is 9.48. The minimum absolute atomic E-state index is 0.564. The van der Waals surface area contributed by atoms with E-state index in [0.29, 0.717) is 6.04 Å². The highest BCUT2D eigenvalue weighted by atomic mass is 32.2. The van der Waals surface area contributed by atoms with Crippen LogP contribution >= 0.6 is 11.8 Å². The average molecular weight is 264 g/mol. The smallest absolute Gasteiger partial charge is 0.0237 e. The van der Waals surface area contributed by atoms with Crippen LogP contribution in [0.4, 0.5) is 0 Å². The van der Waals surface area contributed by atoms with E-state index >= 15 is 0 Å². The van der Waals surface area contributed by atoms with E-state index < -0.39 is 0 Å². The van der Waals surface area contributed by atoms with Gasteiger partial charge in [0.15, 0.2) is 0 Å². The van der Waals surface area contributed by atoms with Crippen molar-refractivity contribution in [2.75, 3.05) is 19.3 Å². The molecule has 1 aromatic carbocycles. The van der Waals surface area contributed by atoms with Gasteiger partial charge >= 0.3 is 0 Å². The molecule has 0 saturated carbocycles. The van der Waals surface area contributed by atoms with Gasteiger partial charge in [0.2, 0.25) is 0 Å². The van der Waals surface area contributed by atoms with Gasteiger partial charge in [-0.3, -0.25) is 4.90 Å². The number of piperidine rings is 1.